The van der Waals surface area contributed by atoms with Gasteiger partial charge in [-0.3, -0.25) is 15.3 Å². The zero-order valence-corrected chi connectivity index (χ0v) is 13.1. The molecular weight excluding hydrogens is 294 g/mol. The Labute approximate surface area is 130 Å². The molecule has 0 aliphatic rings. The van der Waals surface area contributed by atoms with E-state index in [1.54, 1.807) is 18.3 Å². The molecule has 1 aromatic rings. The summed E-state index contributed by atoms with van der Waals surface area (Å²) in [5.41, 5.74) is 6.22. The second-order valence-electron chi connectivity index (χ2n) is 4.34. The van der Waals surface area contributed by atoms with Crippen molar-refractivity contribution in [1.82, 2.24) is 15.2 Å². The van der Waals surface area contributed by atoms with E-state index in [4.69, 9.17) is 35.0 Å². The zero-order chi connectivity index (χ0) is 15.0. The van der Waals surface area contributed by atoms with E-state index in [1.807, 2.05) is 0 Å². The van der Waals surface area contributed by atoms with Crippen molar-refractivity contribution in [2.75, 3.05) is 6.54 Å². The fraction of sp³-hybridized carbons (Fsp3) is 0.462. The number of hydrogen-bond donors (Lipinski definition) is 3. The minimum atomic E-state index is -0.125. The molecule has 20 heavy (non-hydrogen) atoms. The van der Waals surface area contributed by atoms with Crippen LogP contribution in [0.3, 0.4) is 0 Å². The lowest BCUT2D eigenvalue weighted by atomic mass is 10.2. The Morgan fingerprint density at radius 3 is 2.90 bits per heavy atom. The first-order chi connectivity index (χ1) is 9.56. The van der Waals surface area contributed by atoms with Gasteiger partial charge in [0, 0.05) is 12.7 Å². The van der Waals surface area contributed by atoms with Crippen LogP contribution in [0.4, 0.5) is 0 Å². The molecule has 0 saturated heterocycles. The number of thiocarbonyl (C=S) groups is 1. The Hall–Kier alpha value is -1.40. The summed E-state index contributed by atoms with van der Waals surface area (Å²) < 4.78 is 0. The van der Waals surface area contributed by atoms with Crippen molar-refractivity contribution < 1.29 is 0 Å². The van der Waals surface area contributed by atoms with Gasteiger partial charge in [0.2, 0.25) is 0 Å². The Balaban J connectivity index is 2.63. The van der Waals surface area contributed by atoms with Crippen LogP contribution in [0, 0.1) is 5.41 Å². The molecule has 1 rings (SSSR count). The average molecular weight is 314 g/mol. The van der Waals surface area contributed by atoms with E-state index in [9.17, 15) is 0 Å². The predicted molar refractivity (Wildman–Crippen MR) is 86.8 cm³/mol. The molecule has 0 amide bonds. The predicted octanol–water partition coefficient (Wildman–Crippen LogP) is 2.50. The highest BCUT2D eigenvalue weighted by Crippen LogP contribution is 2.14. The van der Waals surface area contributed by atoms with Crippen LogP contribution in [0.15, 0.2) is 18.3 Å². The third kappa shape index (κ3) is 5.30. The number of guanidine groups is 1. The first kappa shape index (κ1) is 16.7. The Morgan fingerprint density at radius 2 is 2.30 bits per heavy atom. The molecule has 0 aliphatic carbocycles. The van der Waals surface area contributed by atoms with Crippen molar-refractivity contribution in [2.45, 2.75) is 32.7 Å². The molecule has 4 N–H and O–H groups in total. The van der Waals surface area contributed by atoms with Gasteiger partial charge in [-0.05, 0) is 30.8 Å². The van der Waals surface area contributed by atoms with Gasteiger partial charge in [-0.1, -0.05) is 31.4 Å². The third-order valence-electron chi connectivity index (χ3n) is 2.74. The van der Waals surface area contributed by atoms with Crippen LogP contribution in [0.2, 0.25) is 5.02 Å². The summed E-state index contributed by atoms with van der Waals surface area (Å²) in [6.45, 7) is 3.20. The summed E-state index contributed by atoms with van der Waals surface area (Å²) in [6.07, 6.45) is 4.97. The van der Waals surface area contributed by atoms with Gasteiger partial charge in [0.05, 0.1) is 17.3 Å². The van der Waals surface area contributed by atoms with E-state index in [-0.39, 0.29) is 12.5 Å². The van der Waals surface area contributed by atoms with Crippen molar-refractivity contribution in [3.05, 3.63) is 29.0 Å². The summed E-state index contributed by atoms with van der Waals surface area (Å²) in [5, 5.41) is 11.7. The SMILES string of the molecule is CCCCCNC(=S)N(Cc1ncccc1Cl)C(=N)N. The van der Waals surface area contributed by atoms with Gasteiger partial charge in [-0.2, -0.15) is 0 Å². The quantitative estimate of drug-likeness (QED) is 0.325. The molecule has 0 saturated carbocycles. The number of nitrogens with two attached hydrogens (primary N) is 1. The molecular formula is C13H20ClN5S. The molecule has 0 aromatic carbocycles. The van der Waals surface area contributed by atoms with Crippen LogP contribution < -0.4 is 11.1 Å². The number of rotatable bonds is 6. The number of hydrogen-bond acceptors (Lipinski definition) is 3. The van der Waals surface area contributed by atoms with Crippen LogP contribution in [0.5, 0.6) is 0 Å². The van der Waals surface area contributed by atoms with Crippen LogP contribution >= 0.6 is 23.8 Å². The monoisotopic (exact) mass is 313 g/mol. The van der Waals surface area contributed by atoms with E-state index < -0.39 is 0 Å². The molecule has 0 spiro atoms. The second kappa shape index (κ2) is 8.71. The molecule has 0 bridgehead atoms. The zero-order valence-electron chi connectivity index (χ0n) is 11.5. The maximum absolute atomic E-state index is 7.62. The molecule has 1 heterocycles. The smallest absolute Gasteiger partial charge is 0.195 e. The largest absolute Gasteiger partial charge is 0.370 e. The lowest BCUT2D eigenvalue weighted by molar-refractivity contribution is 0.560. The fourth-order valence-electron chi connectivity index (χ4n) is 1.62. The average Bonchev–Trinajstić information content (AvgIpc) is 2.42. The molecule has 0 unspecified atom stereocenters. The van der Waals surface area contributed by atoms with Crippen molar-refractivity contribution in [2.24, 2.45) is 5.73 Å². The highest BCUT2D eigenvalue weighted by Gasteiger charge is 2.15. The second-order valence-corrected chi connectivity index (χ2v) is 5.14. The van der Waals surface area contributed by atoms with Gasteiger partial charge < -0.3 is 11.1 Å². The third-order valence-corrected chi connectivity index (χ3v) is 3.44. The molecule has 0 fully saturated rings. The Bertz CT molecular complexity index is 466. The van der Waals surface area contributed by atoms with Gasteiger partial charge in [-0.15, -0.1) is 0 Å². The van der Waals surface area contributed by atoms with Gasteiger partial charge in [0.25, 0.3) is 0 Å². The molecule has 7 heteroatoms. The molecule has 0 radical (unpaired) electrons. The molecule has 110 valence electrons. The standard InChI is InChI=1S/C13H20ClN5S/c1-2-3-4-7-18-13(20)19(12(15)16)9-11-10(14)6-5-8-17-11/h5-6,8H,2-4,7,9H2,1H3,(H3,15,16)(H,18,20). The fourth-order valence-corrected chi connectivity index (χ4v) is 2.06. The van der Waals surface area contributed by atoms with Crippen LogP contribution in [-0.2, 0) is 6.54 Å². The first-order valence-corrected chi connectivity index (χ1v) is 7.33. The summed E-state index contributed by atoms with van der Waals surface area (Å²) in [5.74, 6) is -0.125. The minimum absolute atomic E-state index is 0.125. The van der Waals surface area contributed by atoms with E-state index >= 15 is 0 Å². The maximum Gasteiger partial charge on any atom is 0.195 e. The van der Waals surface area contributed by atoms with E-state index in [1.165, 1.54) is 4.90 Å². The summed E-state index contributed by atoms with van der Waals surface area (Å²) in [6, 6.07) is 3.51. The highest BCUT2D eigenvalue weighted by atomic mass is 35.5. The Morgan fingerprint density at radius 1 is 1.55 bits per heavy atom. The number of nitrogens with zero attached hydrogens (tertiary/aromatic N) is 2. The molecule has 5 nitrogen and oxygen atoms in total. The molecule has 0 aliphatic heterocycles. The molecule has 1 aromatic heterocycles. The van der Waals surface area contributed by atoms with Gasteiger partial charge in [-0.25, -0.2) is 0 Å². The molecule has 0 atom stereocenters. The van der Waals surface area contributed by atoms with Crippen LogP contribution in [0.25, 0.3) is 0 Å². The number of nitrogens with one attached hydrogen (secondary N) is 2. The normalized spacial score (nSPS) is 10.1. The first-order valence-electron chi connectivity index (χ1n) is 6.55. The van der Waals surface area contributed by atoms with Crippen LogP contribution in [-0.4, -0.2) is 27.5 Å². The number of halogens is 1. The highest BCUT2D eigenvalue weighted by molar-refractivity contribution is 7.80. The lowest BCUT2D eigenvalue weighted by Gasteiger charge is -2.24. The topological polar surface area (TPSA) is 78.0 Å². The van der Waals surface area contributed by atoms with Gasteiger partial charge in [0.15, 0.2) is 11.1 Å². The van der Waals surface area contributed by atoms with Crippen molar-refractivity contribution >= 4 is 34.9 Å². The Kier molecular flexibility index (Phi) is 7.25. The van der Waals surface area contributed by atoms with Crippen LogP contribution in [0.1, 0.15) is 31.9 Å². The number of aromatic nitrogens is 1. The number of pyridine rings is 1. The van der Waals surface area contributed by atoms with Crippen molar-refractivity contribution in [1.29, 1.82) is 5.41 Å². The van der Waals surface area contributed by atoms with Gasteiger partial charge in [0.1, 0.15) is 0 Å². The van der Waals surface area contributed by atoms with Crippen molar-refractivity contribution in [3.8, 4) is 0 Å². The minimum Gasteiger partial charge on any atom is -0.370 e. The summed E-state index contributed by atoms with van der Waals surface area (Å²) in [4.78, 5) is 5.66. The summed E-state index contributed by atoms with van der Waals surface area (Å²) in [7, 11) is 0. The van der Waals surface area contributed by atoms with Gasteiger partial charge >= 0.3 is 0 Å². The van der Waals surface area contributed by atoms with Crippen molar-refractivity contribution in [3.63, 3.8) is 0 Å². The maximum atomic E-state index is 7.62. The van der Waals surface area contributed by atoms with E-state index in [2.05, 4.69) is 17.2 Å². The van der Waals surface area contributed by atoms with E-state index in [0.29, 0.717) is 15.8 Å². The number of unbranched alkanes of at least 4 members (excludes halogenated alkanes) is 2. The summed E-state index contributed by atoms with van der Waals surface area (Å²) >= 11 is 11.3. The van der Waals surface area contributed by atoms with E-state index in [0.717, 1.165) is 25.8 Å². The lowest BCUT2D eigenvalue weighted by Crippen LogP contribution is -2.46.